The molecule has 1 N–H and O–H groups in total. The van der Waals surface area contributed by atoms with Crippen LogP contribution in [0.3, 0.4) is 0 Å². The van der Waals surface area contributed by atoms with Crippen molar-refractivity contribution >= 4 is 0 Å². The molecule has 86 valence electrons. The van der Waals surface area contributed by atoms with E-state index in [1.165, 1.54) is 32.4 Å². The first kappa shape index (κ1) is 10.1. The highest BCUT2D eigenvalue weighted by atomic mass is 16.6. The second-order valence-corrected chi connectivity index (χ2v) is 5.34. The fraction of sp³-hybridized carbons (Fsp3) is 1.00. The highest BCUT2D eigenvalue weighted by Gasteiger charge is 2.43. The maximum absolute atomic E-state index is 5.97. The lowest BCUT2D eigenvalue weighted by Crippen LogP contribution is -2.42. The molecule has 0 bridgehead atoms. The van der Waals surface area contributed by atoms with Gasteiger partial charge in [-0.3, -0.25) is 0 Å². The zero-order chi connectivity index (χ0) is 10.1. The zero-order valence-electron chi connectivity index (χ0n) is 9.34. The van der Waals surface area contributed by atoms with E-state index >= 15 is 0 Å². The van der Waals surface area contributed by atoms with E-state index in [1.54, 1.807) is 0 Å². The average molecular weight is 211 g/mol. The molecule has 0 aromatic rings. The van der Waals surface area contributed by atoms with E-state index < -0.39 is 0 Å². The molecule has 3 aliphatic rings. The number of nitrogens with one attached hydrogen (secondary N) is 1. The van der Waals surface area contributed by atoms with Crippen molar-refractivity contribution in [3.8, 4) is 0 Å². The average Bonchev–Trinajstić information content (AvgIpc) is 2.89. The normalized spacial score (nSPS) is 46.4. The summed E-state index contributed by atoms with van der Waals surface area (Å²) in [6, 6.07) is 0. The molecule has 15 heavy (non-hydrogen) atoms. The zero-order valence-corrected chi connectivity index (χ0v) is 9.34. The van der Waals surface area contributed by atoms with Gasteiger partial charge in [-0.1, -0.05) is 0 Å². The van der Waals surface area contributed by atoms with Gasteiger partial charge in [-0.2, -0.15) is 0 Å². The lowest BCUT2D eigenvalue weighted by molar-refractivity contribution is -0.105. The summed E-state index contributed by atoms with van der Waals surface area (Å²) in [6.45, 7) is 5.12. The summed E-state index contributed by atoms with van der Waals surface area (Å²) in [7, 11) is 0. The molecule has 3 aliphatic heterocycles. The molecule has 3 nitrogen and oxygen atoms in total. The Kier molecular flexibility index (Phi) is 2.71. The molecule has 0 aromatic heterocycles. The fourth-order valence-electron chi connectivity index (χ4n) is 3.41. The smallest absolute Gasteiger partial charge is 0.0939 e. The van der Waals surface area contributed by atoms with Crippen molar-refractivity contribution in [2.75, 3.05) is 32.9 Å². The molecule has 0 radical (unpaired) electrons. The molecule has 0 saturated carbocycles. The third-order valence-corrected chi connectivity index (χ3v) is 4.36. The van der Waals surface area contributed by atoms with E-state index in [2.05, 4.69) is 5.32 Å². The first-order valence-corrected chi connectivity index (χ1v) is 6.30. The Hall–Kier alpha value is -0.120. The van der Waals surface area contributed by atoms with Gasteiger partial charge in [-0.15, -0.1) is 0 Å². The Bertz CT molecular complexity index is 220. The molecule has 0 aliphatic carbocycles. The second kappa shape index (κ2) is 4.04. The summed E-state index contributed by atoms with van der Waals surface area (Å²) in [5, 5.41) is 3.48. The molecular weight excluding hydrogens is 190 g/mol. The lowest BCUT2D eigenvalue weighted by Gasteiger charge is -2.39. The van der Waals surface area contributed by atoms with E-state index in [0.717, 1.165) is 38.1 Å². The summed E-state index contributed by atoms with van der Waals surface area (Å²) < 4.78 is 11.5. The van der Waals surface area contributed by atoms with E-state index in [4.69, 9.17) is 9.47 Å². The van der Waals surface area contributed by atoms with E-state index in [1.807, 2.05) is 0 Å². The summed E-state index contributed by atoms with van der Waals surface area (Å²) in [6.07, 6.45) is 4.97. The quantitative estimate of drug-likeness (QED) is 0.706. The maximum Gasteiger partial charge on any atom is 0.0939 e. The number of rotatable bonds is 1. The minimum atomic E-state index is 0.103. The van der Waals surface area contributed by atoms with Crippen LogP contribution in [0.4, 0.5) is 0 Å². The molecule has 3 unspecified atom stereocenters. The summed E-state index contributed by atoms with van der Waals surface area (Å²) in [5.41, 5.74) is 0.103. The van der Waals surface area contributed by atoms with Crippen LogP contribution in [-0.2, 0) is 9.47 Å². The third kappa shape index (κ3) is 1.93. The van der Waals surface area contributed by atoms with Crippen molar-refractivity contribution in [3.05, 3.63) is 0 Å². The van der Waals surface area contributed by atoms with Crippen LogP contribution in [0.1, 0.15) is 25.7 Å². The van der Waals surface area contributed by atoms with Crippen LogP contribution in [0.25, 0.3) is 0 Å². The predicted octanol–water partition coefficient (Wildman–Crippen LogP) is 1.18. The molecular formula is C12H21NO2. The first-order valence-electron chi connectivity index (χ1n) is 6.30. The number of hydrogen-bond donors (Lipinski definition) is 1. The van der Waals surface area contributed by atoms with Gasteiger partial charge in [0.05, 0.1) is 12.2 Å². The Morgan fingerprint density at radius 3 is 2.87 bits per heavy atom. The molecule has 3 heteroatoms. The van der Waals surface area contributed by atoms with Crippen molar-refractivity contribution < 1.29 is 9.47 Å². The van der Waals surface area contributed by atoms with Crippen molar-refractivity contribution in [3.63, 3.8) is 0 Å². The molecule has 3 heterocycles. The standard InChI is InChI=1S/C12H21NO2/c1-4-13-8-11(1)10-2-5-15-12(7-10)3-6-14-9-12/h10-11,13H,1-9H2. The molecule has 3 atom stereocenters. The van der Waals surface area contributed by atoms with Gasteiger partial charge in [0.25, 0.3) is 0 Å². The van der Waals surface area contributed by atoms with Gasteiger partial charge in [0.15, 0.2) is 0 Å². The van der Waals surface area contributed by atoms with Crippen LogP contribution in [-0.4, -0.2) is 38.5 Å². The van der Waals surface area contributed by atoms with Crippen LogP contribution in [0.5, 0.6) is 0 Å². The van der Waals surface area contributed by atoms with E-state index in [9.17, 15) is 0 Å². The van der Waals surface area contributed by atoms with Crippen molar-refractivity contribution in [1.82, 2.24) is 5.32 Å². The highest BCUT2D eigenvalue weighted by Crippen LogP contribution is 2.40. The van der Waals surface area contributed by atoms with Crippen LogP contribution < -0.4 is 5.32 Å². The van der Waals surface area contributed by atoms with Crippen molar-refractivity contribution in [2.24, 2.45) is 11.8 Å². The van der Waals surface area contributed by atoms with Gasteiger partial charge < -0.3 is 14.8 Å². The van der Waals surface area contributed by atoms with Crippen molar-refractivity contribution in [2.45, 2.75) is 31.3 Å². The Morgan fingerprint density at radius 2 is 2.13 bits per heavy atom. The first-order chi connectivity index (χ1) is 7.38. The van der Waals surface area contributed by atoms with E-state index in [0.29, 0.717) is 0 Å². The molecule has 3 rings (SSSR count). The molecule has 3 fully saturated rings. The number of hydrogen-bond acceptors (Lipinski definition) is 3. The maximum atomic E-state index is 5.97. The van der Waals surface area contributed by atoms with Gasteiger partial charge in [-0.05, 0) is 44.2 Å². The van der Waals surface area contributed by atoms with E-state index in [-0.39, 0.29) is 5.60 Å². The van der Waals surface area contributed by atoms with Crippen LogP contribution in [0.2, 0.25) is 0 Å². The van der Waals surface area contributed by atoms with Crippen LogP contribution >= 0.6 is 0 Å². The van der Waals surface area contributed by atoms with Gasteiger partial charge in [-0.25, -0.2) is 0 Å². The summed E-state index contributed by atoms with van der Waals surface area (Å²) in [5.74, 6) is 1.77. The monoisotopic (exact) mass is 211 g/mol. The minimum Gasteiger partial charge on any atom is -0.378 e. The molecule has 1 spiro atoms. The highest BCUT2D eigenvalue weighted by molar-refractivity contribution is 4.93. The summed E-state index contributed by atoms with van der Waals surface area (Å²) >= 11 is 0. The van der Waals surface area contributed by atoms with Gasteiger partial charge in [0, 0.05) is 19.6 Å². The third-order valence-electron chi connectivity index (χ3n) is 4.36. The fourth-order valence-corrected chi connectivity index (χ4v) is 3.41. The molecule has 0 amide bonds. The Balaban J connectivity index is 1.65. The van der Waals surface area contributed by atoms with Crippen LogP contribution in [0.15, 0.2) is 0 Å². The molecule has 3 saturated heterocycles. The van der Waals surface area contributed by atoms with Crippen molar-refractivity contribution in [1.29, 1.82) is 0 Å². The predicted molar refractivity (Wildman–Crippen MR) is 57.8 cm³/mol. The van der Waals surface area contributed by atoms with Gasteiger partial charge in [0.2, 0.25) is 0 Å². The minimum absolute atomic E-state index is 0.103. The van der Waals surface area contributed by atoms with Gasteiger partial charge in [0.1, 0.15) is 0 Å². The SMILES string of the molecule is C1CC(C2CCOC3(CCOC3)C2)CN1. The Morgan fingerprint density at radius 1 is 1.13 bits per heavy atom. The molecule has 0 aromatic carbocycles. The second-order valence-electron chi connectivity index (χ2n) is 5.34. The van der Waals surface area contributed by atoms with Gasteiger partial charge >= 0.3 is 0 Å². The topological polar surface area (TPSA) is 30.5 Å². The Labute approximate surface area is 91.5 Å². The number of ether oxygens (including phenoxy) is 2. The lowest BCUT2D eigenvalue weighted by atomic mass is 9.77. The summed E-state index contributed by atoms with van der Waals surface area (Å²) in [4.78, 5) is 0. The van der Waals surface area contributed by atoms with Crippen LogP contribution in [0, 0.1) is 11.8 Å². The largest absolute Gasteiger partial charge is 0.378 e.